The van der Waals surface area contributed by atoms with Crippen LogP contribution in [0, 0.1) is 10.1 Å². The topological polar surface area (TPSA) is 90.7 Å². The Morgan fingerprint density at radius 3 is 2.62 bits per heavy atom. The molecule has 7 heteroatoms. The van der Waals surface area contributed by atoms with Gasteiger partial charge in [-0.25, -0.2) is 0 Å². The predicted molar refractivity (Wildman–Crippen MR) is 97.5 cm³/mol. The van der Waals surface area contributed by atoms with E-state index in [1.54, 1.807) is 0 Å². The van der Waals surface area contributed by atoms with Gasteiger partial charge in [0.2, 0.25) is 5.75 Å². The first-order valence-corrected chi connectivity index (χ1v) is 8.28. The number of benzene rings is 2. The van der Waals surface area contributed by atoms with E-state index < -0.39 is 4.92 Å². The molecule has 0 spiro atoms. The number of nitrogens with zero attached hydrogens (tertiary/aromatic N) is 1. The molecule has 0 fully saturated rings. The molecule has 1 atom stereocenters. The molecule has 0 unspecified atom stereocenters. The zero-order chi connectivity index (χ0) is 18.9. The van der Waals surface area contributed by atoms with Crippen LogP contribution in [0.4, 0.5) is 5.69 Å². The van der Waals surface area contributed by atoms with Crippen LogP contribution in [0.2, 0.25) is 0 Å². The fourth-order valence-corrected chi connectivity index (χ4v) is 2.46. The van der Waals surface area contributed by atoms with Crippen molar-refractivity contribution < 1.29 is 19.2 Å². The summed E-state index contributed by atoms with van der Waals surface area (Å²) >= 11 is 0. The molecule has 0 heterocycles. The van der Waals surface area contributed by atoms with Crippen molar-refractivity contribution in [3.05, 3.63) is 64.2 Å². The van der Waals surface area contributed by atoms with Gasteiger partial charge in [0, 0.05) is 18.2 Å². The molecule has 2 aromatic rings. The molecular weight excluding hydrogens is 336 g/mol. The monoisotopic (exact) mass is 358 g/mol. The summed E-state index contributed by atoms with van der Waals surface area (Å²) in [5, 5.41) is 13.7. The third-order valence-corrected chi connectivity index (χ3v) is 3.83. The lowest BCUT2D eigenvalue weighted by Crippen LogP contribution is -2.36. The molecule has 1 amide bonds. The van der Waals surface area contributed by atoms with Crippen molar-refractivity contribution in [2.24, 2.45) is 0 Å². The zero-order valence-electron chi connectivity index (χ0n) is 14.8. The fraction of sp³-hybridized carbons (Fsp3) is 0.316. The van der Waals surface area contributed by atoms with Gasteiger partial charge in [-0.3, -0.25) is 14.9 Å². The molecule has 0 saturated heterocycles. The quantitative estimate of drug-likeness (QED) is 0.549. The van der Waals surface area contributed by atoms with E-state index in [2.05, 4.69) is 17.4 Å². The van der Waals surface area contributed by atoms with Crippen LogP contribution in [0.3, 0.4) is 0 Å². The van der Waals surface area contributed by atoms with Crippen molar-refractivity contribution in [1.82, 2.24) is 5.32 Å². The summed E-state index contributed by atoms with van der Waals surface area (Å²) in [7, 11) is 1.34. The molecule has 26 heavy (non-hydrogen) atoms. The van der Waals surface area contributed by atoms with Gasteiger partial charge in [0.25, 0.3) is 5.91 Å². The third kappa shape index (κ3) is 5.77. The van der Waals surface area contributed by atoms with E-state index in [-0.39, 0.29) is 30.0 Å². The Morgan fingerprint density at radius 1 is 1.23 bits per heavy atom. The molecule has 0 bridgehead atoms. The molecular formula is C19H22N2O5. The van der Waals surface area contributed by atoms with Crippen LogP contribution in [0.25, 0.3) is 0 Å². The first-order valence-electron chi connectivity index (χ1n) is 8.28. The fourth-order valence-electron chi connectivity index (χ4n) is 2.46. The van der Waals surface area contributed by atoms with Crippen molar-refractivity contribution >= 4 is 11.6 Å². The summed E-state index contributed by atoms with van der Waals surface area (Å²) in [4.78, 5) is 22.3. The van der Waals surface area contributed by atoms with Crippen molar-refractivity contribution in [2.75, 3.05) is 13.7 Å². The number of rotatable bonds is 9. The Labute approximate surface area is 152 Å². The van der Waals surface area contributed by atoms with Crippen LogP contribution in [-0.4, -0.2) is 30.6 Å². The molecule has 1 N–H and O–H groups in total. The molecule has 138 valence electrons. The van der Waals surface area contributed by atoms with Crippen LogP contribution in [0.1, 0.15) is 18.9 Å². The average molecular weight is 358 g/mol. The molecule has 2 aromatic carbocycles. The number of nitro benzene ring substituents is 1. The van der Waals surface area contributed by atoms with Gasteiger partial charge in [0.1, 0.15) is 5.75 Å². The Kier molecular flexibility index (Phi) is 6.96. The molecule has 0 aliphatic rings. The third-order valence-electron chi connectivity index (χ3n) is 3.83. The van der Waals surface area contributed by atoms with Crippen LogP contribution in [0.15, 0.2) is 48.5 Å². The highest BCUT2D eigenvalue weighted by Crippen LogP contribution is 2.30. The smallest absolute Gasteiger partial charge is 0.311 e. The van der Waals surface area contributed by atoms with Gasteiger partial charge in [-0.2, -0.15) is 0 Å². The van der Waals surface area contributed by atoms with Gasteiger partial charge < -0.3 is 14.8 Å². The van der Waals surface area contributed by atoms with Crippen LogP contribution < -0.4 is 14.8 Å². The van der Waals surface area contributed by atoms with E-state index >= 15 is 0 Å². The van der Waals surface area contributed by atoms with Crippen LogP contribution in [-0.2, 0) is 11.2 Å². The molecule has 0 aromatic heterocycles. The lowest BCUT2D eigenvalue weighted by atomic mass is 10.1. The summed E-state index contributed by atoms with van der Waals surface area (Å²) < 4.78 is 10.4. The highest BCUT2D eigenvalue weighted by Gasteiger charge is 2.16. The molecule has 0 radical (unpaired) electrons. The number of nitrogens with one attached hydrogen (secondary N) is 1. The number of nitro groups is 1. The summed E-state index contributed by atoms with van der Waals surface area (Å²) in [5.74, 6) is 0.173. The largest absolute Gasteiger partial charge is 0.490 e. The summed E-state index contributed by atoms with van der Waals surface area (Å²) in [6.45, 7) is 1.77. The minimum absolute atomic E-state index is 0.0118. The molecule has 2 rings (SSSR count). The maximum Gasteiger partial charge on any atom is 0.311 e. The van der Waals surface area contributed by atoms with Crippen molar-refractivity contribution in [3.8, 4) is 11.5 Å². The van der Waals surface area contributed by atoms with E-state index in [0.717, 1.165) is 12.8 Å². The molecule has 0 aliphatic heterocycles. The number of hydrogen-bond donors (Lipinski definition) is 1. The minimum atomic E-state index is -0.538. The first kappa shape index (κ1) is 19.2. The minimum Gasteiger partial charge on any atom is -0.490 e. The van der Waals surface area contributed by atoms with Gasteiger partial charge >= 0.3 is 5.69 Å². The van der Waals surface area contributed by atoms with Gasteiger partial charge in [-0.15, -0.1) is 0 Å². The zero-order valence-corrected chi connectivity index (χ0v) is 14.8. The lowest BCUT2D eigenvalue weighted by Gasteiger charge is -2.14. The van der Waals surface area contributed by atoms with Gasteiger partial charge in [0.05, 0.1) is 12.0 Å². The normalized spacial score (nSPS) is 11.5. The second-order valence-corrected chi connectivity index (χ2v) is 5.87. The number of carbonyl (C=O) groups excluding carboxylic acids is 1. The SMILES string of the molecule is COc1cc(OCC(=O)N[C@H](C)CCc2ccccc2)ccc1[N+](=O)[O-]. The average Bonchev–Trinajstić information content (AvgIpc) is 2.65. The second-order valence-electron chi connectivity index (χ2n) is 5.87. The second kappa shape index (κ2) is 9.41. The number of methoxy groups -OCH3 is 1. The first-order chi connectivity index (χ1) is 12.5. The summed E-state index contributed by atoms with van der Waals surface area (Å²) in [6, 6.07) is 14.2. The summed E-state index contributed by atoms with van der Waals surface area (Å²) in [6.07, 6.45) is 1.70. The van der Waals surface area contributed by atoms with Crippen LogP contribution >= 0.6 is 0 Å². The van der Waals surface area contributed by atoms with E-state index in [0.29, 0.717) is 5.75 Å². The Balaban J connectivity index is 1.80. The van der Waals surface area contributed by atoms with Gasteiger partial charge in [-0.05, 0) is 31.4 Å². The number of ether oxygens (including phenoxy) is 2. The van der Waals surface area contributed by atoms with Crippen molar-refractivity contribution in [3.63, 3.8) is 0 Å². The maximum atomic E-state index is 12.0. The number of hydrogen-bond acceptors (Lipinski definition) is 5. The molecule has 0 saturated carbocycles. The highest BCUT2D eigenvalue weighted by atomic mass is 16.6. The Morgan fingerprint density at radius 2 is 1.96 bits per heavy atom. The summed E-state index contributed by atoms with van der Waals surface area (Å²) in [5.41, 5.74) is 1.07. The standard InChI is InChI=1S/C19H22N2O5/c1-14(8-9-15-6-4-3-5-7-15)20-19(22)13-26-16-10-11-17(21(23)24)18(12-16)25-2/h3-7,10-12,14H,8-9,13H2,1-2H3,(H,20,22)/t14-/m1/s1. The Hall–Kier alpha value is -3.09. The van der Waals surface area contributed by atoms with E-state index in [1.165, 1.54) is 30.9 Å². The van der Waals surface area contributed by atoms with Crippen LogP contribution in [0.5, 0.6) is 11.5 Å². The Bertz CT molecular complexity index is 749. The molecule has 0 aliphatic carbocycles. The van der Waals surface area contributed by atoms with Gasteiger partial charge in [-0.1, -0.05) is 30.3 Å². The van der Waals surface area contributed by atoms with E-state index in [1.807, 2.05) is 25.1 Å². The number of carbonyl (C=O) groups is 1. The van der Waals surface area contributed by atoms with Crippen molar-refractivity contribution in [2.45, 2.75) is 25.8 Å². The highest BCUT2D eigenvalue weighted by molar-refractivity contribution is 5.77. The number of aryl methyl sites for hydroxylation is 1. The lowest BCUT2D eigenvalue weighted by molar-refractivity contribution is -0.385. The van der Waals surface area contributed by atoms with E-state index in [4.69, 9.17) is 9.47 Å². The number of amides is 1. The predicted octanol–water partition coefficient (Wildman–Crippen LogP) is 3.12. The maximum absolute atomic E-state index is 12.0. The van der Waals surface area contributed by atoms with E-state index in [9.17, 15) is 14.9 Å². The molecule has 7 nitrogen and oxygen atoms in total. The van der Waals surface area contributed by atoms with Crippen molar-refractivity contribution in [1.29, 1.82) is 0 Å². The van der Waals surface area contributed by atoms with Gasteiger partial charge in [0.15, 0.2) is 6.61 Å².